The van der Waals surface area contributed by atoms with Gasteiger partial charge in [0.15, 0.2) is 0 Å². The lowest BCUT2D eigenvalue weighted by atomic mass is 10.1. The summed E-state index contributed by atoms with van der Waals surface area (Å²) >= 11 is 5.54. The van der Waals surface area contributed by atoms with Gasteiger partial charge in [-0.25, -0.2) is 4.39 Å². The van der Waals surface area contributed by atoms with Gasteiger partial charge in [-0.15, -0.1) is 11.6 Å². The van der Waals surface area contributed by atoms with E-state index >= 15 is 0 Å². The lowest BCUT2D eigenvalue weighted by Gasteiger charge is -2.12. The molecule has 0 saturated heterocycles. The minimum atomic E-state index is -4.83. The molecule has 0 bridgehead atoms. The van der Waals surface area contributed by atoms with E-state index in [0.29, 0.717) is 18.0 Å². The maximum Gasteiger partial charge on any atom is 0.419 e. The van der Waals surface area contributed by atoms with Crippen molar-refractivity contribution in [2.75, 3.05) is 12.4 Å². The van der Waals surface area contributed by atoms with Crippen LogP contribution in [0.5, 0.6) is 0 Å². The monoisotopic (exact) mass is 297 g/mol. The Morgan fingerprint density at radius 1 is 1.42 bits per heavy atom. The molecule has 1 aromatic rings. The number of hydrogen-bond acceptors (Lipinski definition) is 1. The molecule has 0 radical (unpaired) electrons. The Balaban J connectivity index is 2.87. The zero-order chi connectivity index (χ0) is 14.6. The van der Waals surface area contributed by atoms with Gasteiger partial charge < -0.3 is 5.32 Å². The molecule has 19 heavy (non-hydrogen) atoms. The number of benzene rings is 1. The van der Waals surface area contributed by atoms with Crippen LogP contribution in [0.15, 0.2) is 18.2 Å². The fourth-order valence-corrected chi connectivity index (χ4v) is 1.42. The summed E-state index contributed by atoms with van der Waals surface area (Å²) in [7, 11) is 0. The number of nitrogens with one attached hydrogen (secondary N) is 1. The predicted molar refractivity (Wildman–Crippen MR) is 63.6 cm³/mol. The summed E-state index contributed by atoms with van der Waals surface area (Å²) < 4.78 is 50.4. The average molecular weight is 298 g/mol. The number of hydrogen-bond donors (Lipinski definition) is 1. The quantitative estimate of drug-likeness (QED) is 0.669. The van der Waals surface area contributed by atoms with E-state index in [1.54, 1.807) is 6.92 Å². The van der Waals surface area contributed by atoms with Crippen molar-refractivity contribution in [3.05, 3.63) is 35.1 Å². The molecule has 1 amide bonds. The summed E-state index contributed by atoms with van der Waals surface area (Å²) in [6.45, 7) is 2.01. The highest BCUT2D eigenvalue weighted by atomic mass is 35.5. The zero-order valence-corrected chi connectivity index (χ0v) is 10.8. The topological polar surface area (TPSA) is 29.1 Å². The molecular weight excluding hydrogens is 286 g/mol. The Bertz CT molecular complexity index is 462. The van der Waals surface area contributed by atoms with Crippen molar-refractivity contribution < 1.29 is 22.4 Å². The van der Waals surface area contributed by atoms with Crippen molar-refractivity contribution in [3.8, 4) is 0 Å². The summed E-state index contributed by atoms with van der Waals surface area (Å²) in [5, 5.41) is 2.43. The third-order valence-electron chi connectivity index (χ3n) is 2.41. The van der Waals surface area contributed by atoms with Crippen LogP contribution in [0.3, 0.4) is 0 Å². The number of halogens is 5. The van der Waals surface area contributed by atoms with E-state index in [2.05, 4.69) is 5.32 Å². The molecule has 106 valence electrons. The van der Waals surface area contributed by atoms with Crippen molar-refractivity contribution in [3.63, 3.8) is 0 Å². The van der Waals surface area contributed by atoms with Gasteiger partial charge >= 0.3 is 6.18 Å². The predicted octanol–water partition coefficient (Wildman–Crippen LogP) is 3.45. The van der Waals surface area contributed by atoms with Gasteiger partial charge in [0.1, 0.15) is 5.82 Å². The van der Waals surface area contributed by atoms with Crippen LogP contribution < -0.4 is 5.32 Å². The smallest absolute Gasteiger partial charge is 0.352 e. The molecular formula is C12H12ClF4NO. The van der Waals surface area contributed by atoms with Crippen molar-refractivity contribution in [2.45, 2.75) is 13.1 Å². The van der Waals surface area contributed by atoms with Gasteiger partial charge in [0.05, 0.1) is 5.56 Å². The maximum atomic E-state index is 13.0. The van der Waals surface area contributed by atoms with Gasteiger partial charge in [-0.05, 0) is 24.1 Å². The second-order valence-electron chi connectivity index (χ2n) is 4.16. The number of amides is 1. The van der Waals surface area contributed by atoms with Crippen LogP contribution in [0.1, 0.15) is 22.8 Å². The normalized spacial score (nSPS) is 13.2. The van der Waals surface area contributed by atoms with E-state index in [4.69, 9.17) is 11.6 Å². The van der Waals surface area contributed by atoms with E-state index in [1.165, 1.54) is 0 Å². The van der Waals surface area contributed by atoms with Crippen LogP contribution >= 0.6 is 11.6 Å². The zero-order valence-electron chi connectivity index (χ0n) is 10.0. The van der Waals surface area contributed by atoms with Gasteiger partial charge in [-0.2, -0.15) is 13.2 Å². The molecule has 0 heterocycles. The molecule has 0 aliphatic heterocycles. The Kier molecular flexibility index (Phi) is 5.17. The Labute approximate surface area is 112 Å². The molecule has 1 aromatic carbocycles. The van der Waals surface area contributed by atoms with Crippen molar-refractivity contribution in [2.24, 2.45) is 5.92 Å². The molecule has 0 saturated carbocycles. The molecule has 7 heteroatoms. The molecule has 0 aliphatic rings. The highest BCUT2D eigenvalue weighted by molar-refractivity contribution is 6.18. The van der Waals surface area contributed by atoms with E-state index in [1.807, 2.05) is 0 Å². The third kappa shape index (κ3) is 4.38. The van der Waals surface area contributed by atoms with Crippen molar-refractivity contribution in [1.29, 1.82) is 0 Å². The van der Waals surface area contributed by atoms with Crippen LogP contribution in [0.4, 0.5) is 17.6 Å². The number of alkyl halides is 4. The molecule has 1 rings (SSSR count). The highest BCUT2D eigenvalue weighted by Gasteiger charge is 2.34. The van der Waals surface area contributed by atoms with Gasteiger partial charge in [0.25, 0.3) is 5.91 Å². The van der Waals surface area contributed by atoms with E-state index in [9.17, 15) is 22.4 Å². The molecule has 1 N–H and O–H groups in total. The lowest BCUT2D eigenvalue weighted by molar-refractivity contribution is -0.140. The van der Waals surface area contributed by atoms with Crippen LogP contribution in [-0.2, 0) is 6.18 Å². The van der Waals surface area contributed by atoms with E-state index in [0.717, 1.165) is 6.07 Å². The summed E-state index contributed by atoms with van der Waals surface area (Å²) in [5.41, 5.74) is -1.69. The van der Waals surface area contributed by atoms with Gasteiger partial charge in [0, 0.05) is 18.0 Å². The Morgan fingerprint density at radius 2 is 2.05 bits per heavy atom. The fourth-order valence-electron chi connectivity index (χ4n) is 1.31. The van der Waals surface area contributed by atoms with E-state index < -0.39 is 23.5 Å². The first-order valence-corrected chi connectivity index (χ1v) is 6.00. The first-order chi connectivity index (χ1) is 8.75. The summed E-state index contributed by atoms with van der Waals surface area (Å²) in [5.74, 6) is -1.79. The Morgan fingerprint density at radius 3 is 2.58 bits per heavy atom. The maximum absolute atomic E-state index is 13.0. The molecule has 2 nitrogen and oxygen atoms in total. The van der Waals surface area contributed by atoms with Crippen molar-refractivity contribution >= 4 is 17.5 Å². The molecule has 1 atom stereocenters. The molecule has 0 aliphatic carbocycles. The first kappa shape index (κ1) is 15.8. The minimum Gasteiger partial charge on any atom is -0.352 e. The largest absolute Gasteiger partial charge is 0.419 e. The van der Waals surface area contributed by atoms with E-state index in [-0.39, 0.29) is 18.0 Å². The van der Waals surface area contributed by atoms with Crippen LogP contribution in [-0.4, -0.2) is 18.3 Å². The fraction of sp³-hybridized carbons (Fsp3) is 0.417. The summed E-state index contributed by atoms with van der Waals surface area (Å²) in [6.07, 6.45) is -4.83. The number of carbonyl (C=O) groups excluding carboxylic acids is 1. The second-order valence-corrected chi connectivity index (χ2v) is 4.47. The molecule has 0 spiro atoms. The summed E-state index contributed by atoms with van der Waals surface area (Å²) in [6, 6.07) is 2.13. The molecule has 1 unspecified atom stereocenters. The van der Waals surface area contributed by atoms with Gasteiger partial charge in [0.2, 0.25) is 0 Å². The molecule has 0 aromatic heterocycles. The third-order valence-corrected chi connectivity index (χ3v) is 2.94. The highest BCUT2D eigenvalue weighted by Crippen LogP contribution is 2.31. The average Bonchev–Trinajstić information content (AvgIpc) is 2.34. The standard InChI is InChI=1S/C12H12ClF4NO/c1-7(5-13)6-18-11(19)8-2-3-10(14)9(4-8)12(15,16)17/h2-4,7H,5-6H2,1H3,(H,18,19). The van der Waals surface area contributed by atoms with Gasteiger partial charge in [-0.3, -0.25) is 4.79 Å². The lowest BCUT2D eigenvalue weighted by Crippen LogP contribution is -2.29. The van der Waals surface area contributed by atoms with Crippen LogP contribution in [0.25, 0.3) is 0 Å². The summed E-state index contributed by atoms with van der Waals surface area (Å²) in [4.78, 5) is 11.6. The minimum absolute atomic E-state index is 0.00634. The Hall–Kier alpha value is -1.30. The second kappa shape index (κ2) is 6.23. The van der Waals surface area contributed by atoms with Crippen LogP contribution in [0.2, 0.25) is 0 Å². The number of rotatable bonds is 4. The molecule has 0 fully saturated rings. The number of carbonyl (C=O) groups is 1. The van der Waals surface area contributed by atoms with Gasteiger partial charge in [-0.1, -0.05) is 6.92 Å². The SMILES string of the molecule is CC(CCl)CNC(=O)c1ccc(F)c(C(F)(F)F)c1. The van der Waals surface area contributed by atoms with Crippen LogP contribution in [0, 0.1) is 11.7 Å². The van der Waals surface area contributed by atoms with Crippen molar-refractivity contribution in [1.82, 2.24) is 5.32 Å². The first-order valence-electron chi connectivity index (χ1n) is 5.46.